The summed E-state index contributed by atoms with van der Waals surface area (Å²) >= 11 is 0. The minimum Gasteiger partial charge on any atom is -0.385 e. The summed E-state index contributed by atoms with van der Waals surface area (Å²) in [4.78, 5) is 4.40. The van der Waals surface area contributed by atoms with Crippen molar-refractivity contribution in [3.8, 4) is 0 Å². The molecule has 0 aliphatic carbocycles. The van der Waals surface area contributed by atoms with Crippen LogP contribution >= 0.6 is 0 Å². The molecule has 2 aromatic rings. The fraction of sp³-hybridized carbons (Fsp3) is 0.400. The van der Waals surface area contributed by atoms with Gasteiger partial charge in [0.05, 0.1) is 6.20 Å². The average Bonchev–Trinajstić information content (AvgIpc) is 2.48. The molecule has 0 saturated heterocycles. The van der Waals surface area contributed by atoms with Gasteiger partial charge < -0.3 is 15.4 Å². The Bertz CT molecular complexity index is 588. The van der Waals surface area contributed by atoms with E-state index >= 15 is 0 Å². The van der Waals surface area contributed by atoms with Crippen molar-refractivity contribution in [2.75, 3.05) is 30.9 Å². The highest BCUT2D eigenvalue weighted by Crippen LogP contribution is 2.19. The maximum Gasteiger partial charge on any atom is 0.249 e. The van der Waals surface area contributed by atoms with E-state index in [4.69, 9.17) is 4.74 Å². The number of ether oxygens (including phenoxy) is 1. The predicted molar refractivity (Wildman–Crippen MR) is 84.0 cm³/mol. The van der Waals surface area contributed by atoms with Crippen molar-refractivity contribution in [2.45, 2.75) is 20.3 Å². The highest BCUT2D eigenvalue weighted by molar-refractivity contribution is 5.59. The number of hydrogen-bond acceptors (Lipinski definition) is 6. The van der Waals surface area contributed by atoms with E-state index in [1.165, 1.54) is 5.56 Å². The standard InChI is InChI=1S/C15H21N5O/c1-11-5-6-12(2)13(9-11)18-15-19-14(10-17-20-15)16-7-4-8-21-3/h5-6,9-10H,4,7-8H2,1-3H3,(H2,16,18,19,20). The number of hydrogen-bond donors (Lipinski definition) is 2. The molecule has 0 bridgehead atoms. The Balaban J connectivity index is 2.02. The third-order valence-corrected chi connectivity index (χ3v) is 3.03. The van der Waals surface area contributed by atoms with Gasteiger partial charge in [-0.05, 0) is 37.5 Å². The molecule has 6 nitrogen and oxygen atoms in total. The van der Waals surface area contributed by atoms with Crippen LogP contribution in [0.15, 0.2) is 24.4 Å². The molecule has 1 aromatic carbocycles. The molecular formula is C15H21N5O. The van der Waals surface area contributed by atoms with E-state index < -0.39 is 0 Å². The second-order valence-corrected chi connectivity index (χ2v) is 4.88. The van der Waals surface area contributed by atoms with E-state index in [0.717, 1.165) is 30.8 Å². The number of anilines is 3. The number of benzene rings is 1. The van der Waals surface area contributed by atoms with Gasteiger partial charge in [0.25, 0.3) is 0 Å². The Hall–Kier alpha value is -2.21. The first-order valence-electron chi connectivity index (χ1n) is 6.96. The molecule has 0 aliphatic rings. The summed E-state index contributed by atoms with van der Waals surface area (Å²) in [5.74, 6) is 1.19. The molecule has 0 atom stereocenters. The van der Waals surface area contributed by atoms with Gasteiger partial charge in [-0.2, -0.15) is 10.1 Å². The first-order valence-corrected chi connectivity index (χ1v) is 6.96. The Morgan fingerprint density at radius 1 is 1.24 bits per heavy atom. The normalized spacial score (nSPS) is 10.4. The van der Waals surface area contributed by atoms with Crippen molar-refractivity contribution < 1.29 is 4.74 Å². The van der Waals surface area contributed by atoms with Gasteiger partial charge in [-0.25, -0.2) is 0 Å². The zero-order valence-corrected chi connectivity index (χ0v) is 12.7. The summed E-state index contributed by atoms with van der Waals surface area (Å²) in [5.41, 5.74) is 3.32. The predicted octanol–water partition coefficient (Wildman–Crippen LogP) is 2.68. The molecule has 2 N–H and O–H groups in total. The second-order valence-electron chi connectivity index (χ2n) is 4.88. The zero-order chi connectivity index (χ0) is 15.1. The minimum absolute atomic E-state index is 0.487. The topological polar surface area (TPSA) is 72.0 Å². The molecule has 112 valence electrons. The van der Waals surface area contributed by atoms with E-state index in [9.17, 15) is 0 Å². The molecule has 1 aromatic heterocycles. The molecule has 0 saturated carbocycles. The molecule has 1 heterocycles. The lowest BCUT2D eigenvalue weighted by Gasteiger charge is -2.10. The number of aromatic nitrogens is 3. The van der Waals surface area contributed by atoms with Crippen LogP contribution in [-0.4, -0.2) is 35.4 Å². The van der Waals surface area contributed by atoms with Gasteiger partial charge in [-0.1, -0.05) is 12.1 Å². The molecule has 2 rings (SSSR count). The lowest BCUT2D eigenvalue weighted by Crippen LogP contribution is -2.08. The van der Waals surface area contributed by atoms with Crippen LogP contribution in [0.2, 0.25) is 0 Å². The third-order valence-electron chi connectivity index (χ3n) is 3.03. The fourth-order valence-electron chi connectivity index (χ4n) is 1.87. The second kappa shape index (κ2) is 7.54. The van der Waals surface area contributed by atoms with Gasteiger partial charge in [0.2, 0.25) is 5.95 Å². The van der Waals surface area contributed by atoms with Crippen LogP contribution in [-0.2, 0) is 4.74 Å². The number of nitrogens with one attached hydrogen (secondary N) is 2. The summed E-state index contributed by atoms with van der Waals surface area (Å²) in [7, 11) is 1.69. The number of nitrogens with zero attached hydrogens (tertiary/aromatic N) is 3. The maximum atomic E-state index is 5.01. The number of aryl methyl sites for hydroxylation is 2. The van der Waals surface area contributed by atoms with Gasteiger partial charge in [0, 0.05) is 25.9 Å². The van der Waals surface area contributed by atoms with Crippen molar-refractivity contribution >= 4 is 17.5 Å². The number of methoxy groups -OCH3 is 1. The van der Waals surface area contributed by atoms with Crippen molar-refractivity contribution in [3.05, 3.63) is 35.5 Å². The van der Waals surface area contributed by atoms with Crippen molar-refractivity contribution in [3.63, 3.8) is 0 Å². The van der Waals surface area contributed by atoms with Gasteiger partial charge in [0.15, 0.2) is 5.82 Å². The molecule has 0 aliphatic heterocycles. The molecule has 0 unspecified atom stereocenters. The molecule has 0 fully saturated rings. The lowest BCUT2D eigenvalue weighted by atomic mass is 10.1. The first-order chi connectivity index (χ1) is 10.2. The van der Waals surface area contributed by atoms with Crippen LogP contribution in [0, 0.1) is 13.8 Å². The van der Waals surface area contributed by atoms with E-state index in [-0.39, 0.29) is 0 Å². The van der Waals surface area contributed by atoms with E-state index in [0.29, 0.717) is 11.8 Å². The number of rotatable bonds is 7. The van der Waals surface area contributed by atoms with Crippen LogP contribution in [0.4, 0.5) is 17.5 Å². The SMILES string of the molecule is COCCCNc1cnnc(Nc2cc(C)ccc2C)n1. The quantitative estimate of drug-likeness (QED) is 0.763. The average molecular weight is 287 g/mol. The fourth-order valence-corrected chi connectivity index (χ4v) is 1.87. The van der Waals surface area contributed by atoms with Crippen molar-refractivity contribution in [1.29, 1.82) is 0 Å². The summed E-state index contributed by atoms with van der Waals surface area (Å²) in [6.07, 6.45) is 2.53. The summed E-state index contributed by atoms with van der Waals surface area (Å²) in [5, 5.41) is 14.4. The van der Waals surface area contributed by atoms with E-state index in [2.05, 4.69) is 50.9 Å². The Morgan fingerprint density at radius 2 is 2.10 bits per heavy atom. The lowest BCUT2D eigenvalue weighted by molar-refractivity contribution is 0.197. The molecule has 0 radical (unpaired) electrons. The van der Waals surface area contributed by atoms with Crippen LogP contribution in [0.1, 0.15) is 17.5 Å². The van der Waals surface area contributed by atoms with Crippen LogP contribution in [0.3, 0.4) is 0 Å². The van der Waals surface area contributed by atoms with Crippen LogP contribution in [0.5, 0.6) is 0 Å². The Kier molecular flexibility index (Phi) is 5.45. The van der Waals surface area contributed by atoms with Crippen LogP contribution < -0.4 is 10.6 Å². The molecule has 21 heavy (non-hydrogen) atoms. The molecule has 0 spiro atoms. The summed E-state index contributed by atoms with van der Waals surface area (Å²) in [6.45, 7) is 5.61. The monoisotopic (exact) mass is 287 g/mol. The highest BCUT2D eigenvalue weighted by atomic mass is 16.5. The van der Waals surface area contributed by atoms with Gasteiger partial charge in [-0.3, -0.25) is 0 Å². The summed E-state index contributed by atoms with van der Waals surface area (Å²) in [6, 6.07) is 6.21. The van der Waals surface area contributed by atoms with Crippen LogP contribution in [0.25, 0.3) is 0 Å². The van der Waals surface area contributed by atoms with Gasteiger partial charge in [-0.15, -0.1) is 5.10 Å². The van der Waals surface area contributed by atoms with Crippen molar-refractivity contribution in [2.24, 2.45) is 0 Å². The Morgan fingerprint density at radius 3 is 2.90 bits per heavy atom. The molecule has 0 amide bonds. The zero-order valence-electron chi connectivity index (χ0n) is 12.7. The highest BCUT2D eigenvalue weighted by Gasteiger charge is 2.03. The Labute approximate surface area is 125 Å². The smallest absolute Gasteiger partial charge is 0.249 e. The largest absolute Gasteiger partial charge is 0.385 e. The summed E-state index contributed by atoms with van der Waals surface area (Å²) < 4.78 is 5.01. The van der Waals surface area contributed by atoms with E-state index in [1.54, 1.807) is 13.3 Å². The molecule has 6 heteroatoms. The minimum atomic E-state index is 0.487. The van der Waals surface area contributed by atoms with Gasteiger partial charge >= 0.3 is 0 Å². The maximum absolute atomic E-state index is 5.01. The van der Waals surface area contributed by atoms with Gasteiger partial charge in [0.1, 0.15) is 0 Å². The molecular weight excluding hydrogens is 266 g/mol. The first kappa shape index (κ1) is 15.2. The van der Waals surface area contributed by atoms with Crippen molar-refractivity contribution in [1.82, 2.24) is 15.2 Å². The third kappa shape index (κ3) is 4.68. The van der Waals surface area contributed by atoms with E-state index in [1.807, 2.05) is 6.92 Å².